The molecule has 0 fully saturated rings. The van der Waals surface area contributed by atoms with E-state index in [0.29, 0.717) is 0 Å². The molecule has 0 radical (unpaired) electrons. The van der Waals surface area contributed by atoms with Gasteiger partial charge >= 0.3 is 0 Å². The van der Waals surface area contributed by atoms with E-state index in [-0.39, 0.29) is 6.10 Å². The summed E-state index contributed by atoms with van der Waals surface area (Å²) >= 11 is 0. The molecule has 0 saturated carbocycles. The van der Waals surface area contributed by atoms with Crippen LogP contribution < -0.4 is 5.32 Å². The molecule has 4 nitrogen and oxygen atoms in total. The van der Waals surface area contributed by atoms with Gasteiger partial charge in [0.2, 0.25) is 0 Å². The van der Waals surface area contributed by atoms with Gasteiger partial charge in [-0.15, -0.1) is 0 Å². The number of aromatic amines is 1. The SMILES string of the molecule is Cc1ccc(-c2[nH]ncc2CNCC2OCCc3ccccc32)cc1C. The first-order valence-corrected chi connectivity index (χ1v) is 9.22. The first-order valence-electron chi connectivity index (χ1n) is 9.22. The number of fused-ring (bicyclic) bond motifs is 1. The van der Waals surface area contributed by atoms with Crippen LogP contribution in [0.1, 0.15) is 33.9 Å². The van der Waals surface area contributed by atoms with Crippen molar-refractivity contribution in [3.8, 4) is 11.3 Å². The zero-order valence-corrected chi connectivity index (χ0v) is 15.4. The van der Waals surface area contributed by atoms with Gasteiger partial charge in [-0.25, -0.2) is 0 Å². The predicted octanol–water partition coefficient (Wildman–Crippen LogP) is 4.10. The number of benzene rings is 2. The maximum Gasteiger partial charge on any atom is 0.0952 e. The third kappa shape index (κ3) is 3.43. The third-order valence-electron chi connectivity index (χ3n) is 5.25. The fourth-order valence-corrected chi connectivity index (χ4v) is 3.58. The summed E-state index contributed by atoms with van der Waals surface area (Å²) in [7, 11) is 0. The summed E-state index contributed by atoms with van der Waals surface area (Å²) in [5, 5.41) is 11.0. The van der Waals surface area contributed by atoms with Crippen LogP contribution in [0.2, 0.25) is 0 Å². The summed E-state index contributed by atoms with van der Waals surface area (Å²) in [6.45, 7) is 6.64. The zero-order chi connectivity index (χ0) is 17.9. The summed E-state index contributed by atoms with van der Waals surface area (Å²) in [6.07, 6.45) is 3.04. The Kier molecular flexibility index (Phi) is 4.87. The Morgan fingerprint density at radius 2 is 2.04 bits per heavy atom. The summed E-state index contributed by atoms with van der Waals surface area (Å²) < 4.78 is 5.98. The highest BCUT2D eigenvalue weighted by atomic mass is 16.5. The summed E-state index contributed by atoms with van der Waals surface area (Å²) in [6, 6.07) is 15.1. The van der Waals surface area contributed by atoms with Crippen molar-refractivity contribution in [2.75, 3.05) is 13.2 Å². The zero-order valence-electron chi connectivity index (χ0n) is 15.4. The standard InChI is InChI=1S/C22H25N3O/c1-15-7-8-18(11-16(15)2)22-19(13-24-25-22)12-23-14-21-20-6-4-3-5-17(20)9-10-26-21/h3-8,11,13,21,23H,9-10,12,14H2,1-2H3,(H,24,25). The highest BCUT2D eigenvalue weighted by molar-refractivity contribution is 5.64. The molecule has 1 unspecified atom stereocenters. The molecule has 1 atom stereocenters. The second kappa shape index (κ2) is 7.44. The van der Waals surface area contributed by atoms with Crippen LogP contribution in [-0.4, -0.2) is 23.3 Å². The lowest BCUT2D eigenvalue weighted by Crippen LogP contribution is -2.27. The van der Waals surface area contributed by atoms with Gasteiger partial charge in [-0.2, -0.15) is 5.10 Å². The van der Waals surface area contributed by atoms with Crippen LogP contribution in [0.4, 0.5) is 0 Å². The Hall–Kier alpha value is -2.43. The Balaban J connectivity index is 1.44. The van der Waals surface area contributed by atoms with Crippen LogP contribution in [-0.2, 0) is 17.7 Å². The lowest BCUT2D eigenvalue weighted by Gasteiger charge is -2.26. The van der Waals surface area contributed by atoms with E-state index in [0.717, 1.165) is 31.8 Å². The highest BCUT2D eigenvalue weighted by Gasteiger charge is 2.20. The minimum absolute atomic E-state index is 0.122. The lowest BCUT2D eigenvalue weighted by molar-refractivity contribution is 0.0423. The molecule has 3 aromatic rings. The van der Waals surface area contributed by atoms with Crippen molar-refractivity contribution in [3.63, 3.8) is 0 Å². The molecule has 0 aliphatic carbocycles. The van der Waals surface area contributed by atoms with Crippen molar-refractivity contribution >= 4 is 0 Å². The normalized spacial score (nSPS) is 16.5. The Bertz CT molecular complexity index is 900. The van der Waals surface area contributed by atoms with Gasteiger partial charge in [0, 0.05) is 24.2 Å². The maximum absolute atomic E-state index is 5.98. The third-order valence-corrected chi connectivity index (χ3v) is 5.25. The molecule has 134 valence electrons. The number of ether oxygens (including phenoxy) is 1. The van der Waals surface area contributed by atoms with E-state index in [2.05, 4.69) is 71.8 Å². The molecule has 0 amide bonds. The van der Waals surface area contributed by atoms with Crippen LogP contribution in [0.5, 0.6) is 0 Å². The Morgan fingerprint density at radius 1 is 1.15 bits per heavy atom. The highest BCUT2D eigenvalue weighted by Crippen LogP contribution is 2.27. The second-order valence-corrected chi connectivity index (χ2v) is 7.01. The lowest BCUT2D eigenvalue weighted by atomic mass is 9.97. The first kappa shape index (κ1) is 17.0. The average molecular weight is 347 g/mol. The van der Waals surface area contributed by atoms with Gasteiger partial charge in [0.1, 0.15) is 0 Å². The van der Waals surface area contributed by atoms with Gasteiger partial charge in [0.25, 0.3) is 0 Å². The minimum atomic E-state index is 0.122. The van der Waals surface area contributed by atoms with Gasteiger partial charge < -0.3 is 10.1 Å². The quantitative estimate of drug-likeness (QED) is 0.731. The largest absolute Gasteiger partial charge is 0.372 e. The van der Waals surface area contributed by atoms with Crippen molar-refractivity contribution in [2.24, 2.45) is 0 Å². The van der Waals surface area contributed by atoms with Crippen LogP contribution in [0.3, 0.4) is 0 Å². The number of nitrogens with one attached hydrogen (secondary N) is 2. The van der Waals surface area contributed by atoms with Crippen LogP contribution in [0.15, 0.2) is 48.7 Å². The number of aryl methyl sites for hydroxylation is 2. The molecule has 0 saturated heterocycles. The second-order valence-electron chi connectivity index (χ2n) is 7.01. The smallest absolute Gasteiger partial charge is 0.0952 e. The number of hydrogen-bond acceptors (Lipinski definition) is 3. The van der Waals surface area contributed by atoms with Gasteiger partial charge in [0.05, 0.1) is 24.6 Å². The van der Waals surface area contributed by atoms with Gasteiger partial charge in [-0.1, -0.05) is 36.4 Å². The van der Waals surface area contributed by atoms with E-state index >= 15 is 0 Å². The Labute approximate surface area is 154 Å². The fraction of sp³-hybridized carbons (Fsp3) is 0.318. The minimum Gasteiger partial charge on any atom is -0.372 e. The molecule has 2 heterocycles. The molecule has 26 heavy (non-hydrogen) atoms. The maximum atomic E-state index is 5.98. The predicted molar refractivity (Wildman–Crippen MR) is 104 cm³/mol. The van der Waals surface area contributed by atoms with Crippen LogP contribution in [0, 0.1) is 13.8 Å². The van der Waals surface area contributed by atoms with Crippen molar-refractivity contribution in [3.05, 3.63) is 76.5 Å². The van der Waals surface area contributed by atoms with Gasteiger partial charge in [-0.3, -0.25) is 5.10 Å². The number of aromatic nitrogens is 2. The molecule has 2 N–H and O–H groups in total. The van der Waals surface area contributed by atoms with E-state index in [1.165, 1.54) is 33.4 Å². The van der Waals surface area contributed by atoms with E-state index in [4.69, 9.17) is 4.74 Å². The molecule has 1 aliphatic rings. The topological polar surface area (TPSA) is 49.9 Å². The molecule has 4 heteroatoms. The van der Waals surface area contributed by atoms with Crippen molar-refractivity contribution in [2.45, 2.75) is 32.9 Å². The summed E-state index contributed by atoms with van der Waals surface area (Å²) in [5.74, 6) is 0. The molecule has 1 aromatic heterocycles. The molecular formula is C22H25N3O. The van der Waals surface area contributed by atoms with Gasteiger partial charge in [-0.05, 0) is 48.6 Å². The van der Waals surface area contributed by atoms with Crippen LogP contribution >= 0.6 is 0 Å². The first-order chi connectivity index (χ1) is 12.7. The fourth-order valence-electron chi connectivity index (χ4n) is 3.58. The molecule has 1 aliphatic heterocycles. The summed E-state index contributed by atoms with van der Waals surface area (Å²) in [5.41, 5.74) is 8.77. The number of rotatable bonds is 5. The van der Waals surface area contributed by atoms with E-state index < -0.39 is 0 Å². The molecule has 4 rings (SSSR count). The summed E-state index contributed by atoms with van der Waals surface area (Å²) in [4.78, 5) is 0. The van der Waals surface area contributed by atoms with E-state index in [1.807, 2.05) is 6.20 Å². The molecule has 0 spiro atoms. The number of H-pyrrole nitrogens is 1. The Morgan fingerprint density at radius 3 is 2.92 bits per heavy atom. The number of hydrogen-bond donors (Lipinski definition) is 2. The number of nitrogens with zero attached hydrogens (tertiary/aromatic N) is 1. The van der Waals surface area contributed by atoms with E-state index in [1.54, 1.807) is 0 Å². The van der Waals surface area contributed by atoms with Crippen molar-refractivity contribution < 1.29 is 4.74 Å². The van der Waals surface area contributed by atoms with E-state index in [9.17, 15) is 0 Å². The monoisotopic (exact) mass is 347 g/mol. The van der Waals surface area contributed by atoms with Crippen molar-refractivity contribution in [1.82, 2.24) is 15.5 Å². The molecule has 0 bridgehead atoms. The molecular weight excluding hydrogens is 322 g/mol. The van der Waals surface area contributed by atoms with Crippen molar-refractivity contribution in [1.29, 1.82) is 0 Å². The van der Waals surface area contributed by atoms with Crippen LogP contribution in [0.25, 0.3) is 11.3 Å². The van der Waals surface area contributed by atoms with Gasteiger partial charge in [0.15, 0.2) is 0 Å². The molecule has 2 aromatic carbocycles. The average Bonchev–Trinajstić information content (AvgIpc) is 3.13.